The van der Waals surface area contributed by atoms with E-state index in [2.05, 4.69) is 4.74 Å². The zero-order chi connectivity index (χ0) is 20.8. The minimum atomic E-state index is -3.08. The molecular weight excluding hydrogens is 389 g/mol. The number of amides is 1. The van der Waals surface area contributed by atoms with Crippen LogP contribution in [0, 0.1) is 5.82 Å². The number of carbonyl (C=O) groups is 2. The summed E-state index contributed by atoms with van der Waals surface area (Å²) in [7, 11) is 0. The van der Waals surface area contributed by atoms with Gasteiger partial charge in [-0.1, -0.05) is 12.1 Å². The first-order valence-electron chi connectivity index (χ1n) is 8.93. The Bertz CT molecular complexity index is 853. The number of hydrogen-bond acceptors (Lipinski definition) is 5. The maximum Gasteiger partial charge on any atom is 0.387 e. The first-order valence-corrected chi connectivity index (χ1v) is 8.93. The Labute approximate surface area is 165 Å². The largest absolute Gasteiger partial charge is 0.452 e. The highest BCUT2D eigenvalue weighted by atomic mass is 19.3. The van der Waals surface area contributed by atoms with Crippen molar-refractivity contribution < 1.29 is 32.2 Å². The van der Waals surface area contributed by atoms with Gasteiger partial charge in [-0.05, 0) is 36.4 Å². The fraction of sp³-hybridized carbons (Fsp3) is 0.300. The van der Waals surface area contributed by atoms with Gasteiger partial charge in [0.2, 0.25) is 0 Å². The quantitative estimate of drug-likeness (QED) is 0.688. The number of hydrogen-bond donors (Lipinski definition) is 0. The number of benzene rings is 2. The van der Waals surface area contributed by atoms with Gasteiger partial charge < -0.3 is 19.3 Å². The molecule has 0 bridgehead atoms. The third kappa shape index (κ3) is 5.40. The fourth-order valence-corrected chi connectivity index (χ4v) is 3.00. The summed E-state index contributed by atoms with van der Waals surface area (Å²) in [6, 6.07) is 11.5. The highest BCUT2D eigenvalue weighted by Crippen LogP contribution is 2.21. The Kier molecular flexibility index (Phi) is 6.58. The predicted octanol–water partition coefficient (Wildman–Crippen LogP) is 2.93. The minimum Gasteiger partial charge on any atom is -0.452 e. The van der Waals surface area contributed by atoms with Gasteiger partial charge in [-0.3, -0.25) is 4.79 Å². The normalized spacial score (nSPS) is 14.1. The van der Waals surface area contributed by atoms with E-state index >= 15 is 0 Å². The summed E-state index contributed by atoms with van der Waals surface area (Å²) >= 11 is 0. The number of anilines is 1. The lowest BCUT2D eigenvalue weighted by atomic mass is 10.2. The second kappa shape index (κ2) is 9.31. The molecule has 0 N–H and O–H groups in total. The minimum absolute atomic E-state index is 0.179. The van der Waals surface area contributed by atoms with Crippen molar-refractivity contribution in [2.75, 3.05) is 37.7 Å². The number of carbonyl (C=O) groups excluding carboxylic acids is 2. The Morgan fingerprint density at radius 1 is 0.966 bits per heavy atom. The first-order chi connectivity index (χ1) is 13.9. The molecule has 0 saturated carbocycles. The SMILES string of the molecule is O=C(OCC(=O)N1CCN(c2ccc(F)cc2)CC1)c1ccccc1OC(F)F. The molecule has 1 fully saturated rings. The Morgan fingerprint density at radius 2 is 1.62 bits per heavy atom. The van der Waals surface area contributed by atoms with Crippen molar-refractivity contribution in [3.8, 4) is 5.75 Å². The standard InChI is InChI=1S/C20H19F3N2O4/c21-14-5-7-15(8-6-14)24-9-11-25(12-10-24)18(26)13-28-19(27)16-3-1-2-4-17(16)29-20(22)23/h1-8,20H,9-13H2. The predicted molar refractivity (Wildman–Crippen MR) is 98.5 cm³/mol. The van der Waals surface area contributed by atoms with Gasteiger partial charge >= 0.3 is 12.6 Å². The summed E-state index contributed by atoms with van der Waals surface area (Å²) in [6.45, 7) is -1.65. The maximum atomic E-state index is 13.0. The first kappa shape index (κ1) is 20.5. The van der Waals surface area contributed by atoms with Gasteiger partial charge in [0, 0.05) is 31.9 Å². The summed E-state index contributed by atoms with van der Waals surface area (Å²) in [5, 5.41) is 0. The van der Waals surface area contributed by atoms with Crippen LogP contribution in [0.3, 0.4) is 0 Å². The summed E-state index contributed by atoms with van der Waals surface area (Å²) in [5.74, 6) is -1.93. The van der Waals surface area contributed by atoms with Crippen molar-refractivity contribution in [3.63, 3.8) is 0 Å². The molecule has 1 aliphatic rings. The molecule has 1 heterocycles. The van der Waals surface area contributed by atoms with Crippen molar-refractivity contribution in [1.82, 2.24) is 4.90 Å². The lowest BCUT2D eigenvalue weighted by Gasteiger charge is -2.36. The second-order valence-electron chi connectivity index (χ2n) is 6.30. The van der Waals surface area contributed by atoms with E-state index in [-0.39, 0.29) is 23.0 Å². The number of para-hydroxylation sites is 1. The van der Waals surface area contributed by atoms with Crippen molar-refractivity contribution >= 4 is 17.6 Å². The molecule has 0 aromatic heterocycles. The van der Waals surface area contributed by atoms with Gasteiger partial charge in [-0.15, -0.1) is 0 Å². The average molecular weight is 408 g/mol. The van der Waals surface area contributed by atoms with Gasteiger partial charge in [0.05, 0.1) is 0 Å². The molecule has 0 aliphatic carbocycles. The lowest BCUT2D eigenvalue weighted by molar-refractivity contribution is -0.134. The second-order valence-corrected chi connectivity index (χ2v) is 6.30. The molecule has 0 radical (unpaired) electrons. The molecule has 1 amide bonds. The summed E-state index contributed by atoms with van der Waals surface area (Å²) in [4.78, 5) is 28.0. The van der Waals surface area contributed by atoms with Gasteiger partial charge in [0.1, 0.15) is 17.1 Å². The third-order valence-electron chi connectivity index (χ3n) is 4.47. The molecule has 0 spiro atoms. The van der Waals surface area contributed by atoms with E-state index in [1.54, 1.807) is 17.0 Å². The van der Waals surface area contributed by atoms with E-state index in [4.69, 9.17) is 4.74 Å². The molecule has 1 aliphatic heterocycles. The molecule has 1 saturated heterocycles. The molecule has 0 unspecified atom stereocenters. The number of alkyl halides is 2. The Hall–Kier alpha value is -3.23. The van der Waals surface area contributed by atoms with Crippen molar-refractivity contribution in [3.05, 3.63) is 59.9 Å². The average Bonchev–Trinajstić information content (AvgIpc) is 2.72. The van der Waals surface area contributed by atoms with E-state index < -0.39 is 19.2 Å². The maximum absolute atomic E-state index is 13.0. The van der Waals surface area contributed by atoms with Gasteiger partial charge in [-0.2, -0.15) is 8.78 Å². The topological polar surface area (TPSA) is 59.1 Å². The Balaban J connectivity index is 1.50. The number of rotatable bonds is 6. The molecule has 2 aromatic rings. The number of nitrogens with zero attached hydrogens (tertiary/aromatic N) is 2. The van der Waals surface area contributed by atoms with Gasteiger partial charge in [-0.25, -0.2) is 9.18 Å². The van der Waals surface area contributed by atoms with E-state index in [0.29, 0.717) is 26.2 Å². The molecule has 3 rings (SSSR count). The molecule has 2 aromatic carbocycles. The van der Waals surface area contributed by atoms with Crippen LogP contribution in [0.4, 0.5) is 18.9 Å². The third-order valence-corrected chi connectivity index (χ3v) is 4.47. The van der Waals surface area contributed by atoms with Crippen LogP contribution in [-0.4, -0.2) is 56.2 Å². The summed E-state index contributed by atoms with van der Waals surface area (Å²) in [6.07, 6.45) is 0. The smallest absolute Gasteiger partial charge is 0.387 e. The number of halogens is 3. The van der Waals surface area contributed by atoms with Crippen molar-refractivity contribution in [2.45, 2.75) is 6.61 Å². The van der Waals surface area contributed by atoms with Crippen LogP contribution in [-0.2, 0) is 9.53 Å². The molecule has 9 heteroatoms. The van der Waals surface area contributed by atoms with Crippen LogP contribution in [0.5, 0.6) is 5.75 Å². The monoisotopic (exact) mass is 408 g/mol. The van der Waals surface area contributed by atoms with Crippen LogP contribution in [0.15, 0.2) is 48.5 Å². The van der Waals surface area contributed by atoms with Crippen LogP contribution < -0.4 is 9.64 Å². The van der Waals surface area contributed by atoms with Crippen LogP contribution in [0.2, 0.25) is 0 Å². The van der Waals surface area contributed by atoms with E-state index in [1.807, 2.05) is 4.90 Å². The number of ether oxygens (including phenoxy) is 2. The molecule has 154 valence electrons. The van der Waals surface area contributed by atoms with E-state index in [1.165, 1.54) is 36.4 Å². The number of esters is 1. The van der Waals surface area contributed by atoms with E-state index in [0.717, 1.165) is 5.69 Å². The highest BCUT2D eigenvalue weighted by Gasteiger charge is 2.23. The zero-order valence-electron chi connectivity index (χ0n) is 15.4. The summed E-state index contributed by atoms with van der Waals surface area (Å²) in [5.41, 5.74) is 0.683. The van der Waals surface area contributed by atoms with Crippen LogP contribution >= 0.6 is 0 Å². The Morgan fingerprint density at radius 3 is 2.28 bits per heavy atom. The molecule has 6 nitrogen and oxygen atoms in total. The fourth-order valence-electron chi connectivity index (χ4n) is 3.00. The van der Waals surface area contributed by atoms with Gasteiger partial charge in [0.25, 0.3) is 5.91 Å². The highest BCUT2D eigenvalue weighted by molar-refractivity contribution is 5.94. The molecular formula is C20H19F3N2O4. The van der Waals surface area contributed by atoms with Gasteiger partial charge in [0.15, 0.2) is 6.61 Å². The lowest BCUT2D eigenvalue weighted by Crippen LogP contribution is -2.49. The van der Waals surface area contributed by atoms with Crippen LogP contribution in [0.1, 0.15) is 10.4 Å². The van der Waals surface area contributed by atoms with E-state index in [9.17, 15) is 22.8 Å². The summed E-state index contributed by atoms with van der Waals surface area (Å²) < 4.78 is 47.2. The molecule has 0 atom stereocenters. The molecule has 29 heavy (non-hydrogen) atoms. The van der Waals surface area contributed by atoms with Crippen LogP contribution in [0.25, 0.3) is 0 Å². The van der Waals surface area contributed by atoms with Crippen molar-refractivity contribution in [2.24, 2.45) is 0 Å². The number of piperazine rings is 1. The zero-order valence-corrected chi connectivity index (χ0v) is 15.4. The van der Waals surface area contributed by atoms with Crippen molar-refractivity contribution in [1.29, 1.82) is 0 Å².